The summed E-state index contributed by atoms with van der Waals surface area (Å²) in [6, 6.07) is 17.6. The van der Waals surface area contributed by atoms with Crippen LogP contribution in [-0.2, 0) is 6.54 Å². The van der Waals surface area contributed by atoms with Gasteiger partial charge in [-0.3, -0.25) is 14.8 Å². The molecule has 0 atom stereocenters. The predicted molar refractivity (Wildman–Crippen MR) is 128 cm³/mol. The Balaban J connectivity index is 1.32. The first-order valence-corrected chi connectivity index (χ1v) is 10.9. The fourth-order valence-electron chi connectivity index (χ4n) is 4.24. The van der Waals surface area contributed by atoms with Gasteiger partial charge in [0.25, 0.3) is 0 Å². The van der Waals surface area contributed by atoms with Crippen molar-refractivity contribution in [1.29, 1.82) is 0 Å². The van der Waals surface area contributed by atoms with Gasteiger partial charge in [-0.05, 0) is 31.5 Å². The van der Waals surface area contributed by atoms with Crippen molar-refractivity contribution >= 4 is 22.4 Å². The van der Waals surface area contributed by atoms with Gasteiger partial charge in [0.2, 0.25) is 0 Å². The smallest absolute Gasteiger partial charge is 0.258 e. The molecule has 0 unspecified atom stereocenters. The maximum Gasteiger partial charge on any atom is 0.312 e. The Morgan fingerprint density at radius 3 is 2.46 bits per heavy atom. The Hall–Kier alpha value is -4.93. The maximum absolute atomic E-state index is 11.3. The molecule has 6 rings (SSSR count). The van der Waals surface area contributed by atoms with Gasteiger partial charge in [-0.2, -0.15) is 10.2 Å². The van der Waals surface area contributed by atoms with Crippen molar-refractivity contribution < 1.29 is 4.92 Å². The van der Waals surface area contributed by atoms with Crippen LogP contribution >= 0.6 is 0 Å². The van der Waals surface area contributed by atoms with E-state index in [1.807, 2.05) is 54.6 Å². The van der Waals surface area contributed by atoms with Crippen LogP contribution in [0.1, 0.15) is 17.0 Å². The van der Waals surface area contributed by atoms with Crippen molar-refractivity contribution in [3.05, 3.63) is 94.2 Å². The van der Waals surface area contributed by atoms with Gasteiger partial charge in [-0.15, -0.1) is 5.10 Å². The van der Waals surface area contributed by atoms with Crippen molar-refractivity contribution in [2.45, 2.75) is 20.4 Å². The largest absolute Gasteiger partial charge is 0.312 e. The first kappa shape index (κ1) is 20.7. The van der Waals surface area contributed by atoms with Crippen LogP contribution in [-0.4, -0.2) is 44.1 Å². The fourth-order valence-corrected chi connectivity index (χ4v) is 4.24. The lowest BCUT2D eigenvalue weighted by Gasteiger charge is -2.04. The van der Waals surface area contributed by atoms with Crippen LogP contribution in [0.5, 0.6) is 0 Å². The van der Waals surface area contributed by atoms with Crippen LogP contribution in [0.4, 0.5) is 5.69 Å². The normalized spacial score (nSPS) is 11.5. The van der Waals surface area contributed by atoms with Crippen molar-refractivity contribution in [1.82, 2.24) is 39.1 Å². The van der Waals surface area contributed by atoms with Crippen LogP contribution < -0.4 is 0 Å². The highest BCUT2D eigenvalue weighted by atomic mass is 16.6. The second kappa shape index (κ2) is 7.83. The molecule has 0 spiro atoms. The van der Waals surface area contributed by atoms with Gasteiger partial charge >= 0.3 is 5.69 Å². The SMILES string of the molecule is Cc1nn(Cc2ccc(-c3nc4c5cnn(-c6ccccc6)c5ncn4n3)cc2)c(C)c1[N+](=O)[O-]. The van der Waals surface area contributed by atoms with Crippen LogP contribution in [0.3, 0.4) is 0 Å². The Morgan fingerprint density at radius 2 is 1.74 bits per heavy atom. The Labute approximate surface area is 198 Å². The average molecular weight is 465 g/mol. The monoisotopic (exact) mass is 465 g/mol. The van der Waals surface area contributed by atoms with E-state index < -0.39 is 0 Å². The highest BCUT2D eigenvalue weighted by Gasteiger charge is 2.21. The first-order valence-electron chi connectivity index (χ1n) is 10.9. The number of nitro groups is 1. The number of hydrogen-bond donors (Lipinski definition) is 0. The molecule has 0 bridgehead atoms. The minimum Gasteiger partial charge on any atom is -0.258 e. The molecule has 0 radical (unpaired) electrons. The minimum absolute atomic E-state index is 0.0611. The fraction of sp³-hybridized carbons (Fsp3) is 0.125. The zero-order valence-electron chi connectivity index (χ0n) is 18.9. The number of nitrogens with zero attached hydrogens (tertiary/aromatic N) is 9. The summed E-state index contributed by atoms with van der Waals surface area (Å²) in [5, 5.41) is 25.5. The van der Waals surface area contributed by atoms with Gasteiger partial charge in [0, 0.05) is 5.56 Å². The second-order valence-corrected chi connectivity index (χ2v) is 8.21. The third-order valence-corrected chi connectivity index (χ3v) is 5.98. The molecule has 0 saturated heterocycles. The van der Waals surface area contributed by atoms with E-state index in [9.17, 15) is 10.1 Å². The van der Waals surface area contributed by atoms with Crippen molar-refractivity contribution in [3.8, 4) is 17.1 Å². The lowest BCUT2D eigenvalue weighted by atomic mass is 10.1. The van der Waals surface area contributed by atoms with Crippen LogP contribution in [0.15, 0.2) is 67.1 Å². The third-order valence-electron chi connectivity index (χ3n) is 5.98. The standard InChI is InChI=1S/C24H19N9O2/c1-15-21(33(34)35)16(2)30(28-15)13-17-8-10-18(11-9-17)22-27-24-20-12-26-32(19-6-4-3-5-7-19)23(20)25-14-31(24)29-22/h3-12,14H,13H2,1-2H3. The molecule has 0 amide bonds. The van der Waals surface area contributed by atoms with Crippen molar-refractivity contribution in [2.24, 2.45) is 0 Å². The second-order valence-electron chi connectivity index (χ2n) is 8.21. The number of rotatable bonds is 5. The van der Waals surface area contributed by atoms with E-state index in [0.717, 1.165) is 22.2 Å². The number of hydrogen-bond acceptors (Lipinski definition) is 7. The summed E-state index contributed by atoms with van der Waals surface area (Å²) < 4.78 is 5.08. The van der Waals surface area contributed by atoms with Gasteiger partial charge in [0.15, 0.2) is 17.1 Å². The topological polar surface area (TPSA) is 122 Å². The van der Waals surface area contributed by atoms with Crippen LogP contribution in [0, 0.1) is 24.0 Å². The molecule has 11 heteroatoms. The molecule has 11 nitrogen and oxygen atoms in total. The Kier molecular flexibility index (Phi) is 4.62. The zero-order chi connectivity index (χ0) is 24.1. The molecule has 0 saturated carbocycles. The molecule has 35 heavy (non-hydrogen) atoms. The lowest BCUT2D eigenvalue weighted by Crippen LogP contribution is -2.04. The van der Waals surface area contributed by atoms with Crippen molar-refractivity contribution in [3.63, 3.8) is 0 Å². The number of aryl methyl sites for hydroxylation is 1. The molecular weight excluding hydrogens is 446 g/mol. The summed E-state index contributed by atoms with van der Waals surface area (Å²) in [5.74, 6) is 0.570. The molecule has 0 fully saturated rings. The number of para-hydroxylation sites is 1. The van der Waals surface area contributed by atoms with Gasteiger partial charge in [0.05, 0.1) is 28.7 Å². The summed E-state index contributed by atoms with van der Waals surface area (Å²) in [4.78, 5) is 20.2. The highest BCUT2D eigenvalue weighted by molar-refractivity contribution is 5.89. The molecule has 0 aliphatic rings. The van der Waals surface area contributed by atoms with E-state index in [1.54, 1.807) is 40.3 Å². The van der Waals surface area contributed by atoms with Gasteiger partial charge in [-0.1, -0.05) is 42.5 Å². The Morgan fingerprint density at radius 1 is 0.971 bits per heavy atom. The number of aromatic nitrogens is 8. The zero-order valence-corrected chi connectivity index (χ0v) is 18.9. The molecule has 0 aliphatic carbocycles. The summed E-state index contributed by atoms with van der Waals surface area (Å²) in [6.45, 7) is 3.79. The summed E-state index contributed by atoms with van der Waals surface area (Å²) in [5.41, 5.74) is 5.11. The summed E-state index contributed by atoms with van der Waals surface area (Å²) >= 11 is 0. The summed E-state index contributed by atoms with van der Waals surface area (Å²) in [6.07, 6.45) is 3.39. The van der Waals surface area contributed by atoms with Gasteiger partial charge in [0.1, 0.15) is 17.7 Å². The molecule has 0 N–H and O–H groups in total. The third kappa shape index (κ3) is 3.41. The predicted octanol–water partition coefficient (Wildman–Crippen LogP) is 3.90. The molecular formula is C24H19N9O2. The van der Waals surface area contributed by atoms with Gasteiger partial charge in [-0.25, -0.2) is 19.2 Å². The number of fused-ring (bicyclic) bond motifs is 3. The minimum atomic E-state index is -0.387. The van der Waals surface area contributed by atoms with E-state index >= 15 is 0 Å². The van der Waals surface area contributed by atoms with Crippen molar-refractivity contribution in [2.75, 3.05) is 0 Å². The average Bonchev–Trinajstić information content (AvgIpc) is 3.55. The van der Waals surface area contributed by atoms with E-state index in [-0.39, 0.29) is 10.6 Å². The molecule has 2 aromatic carbocycles. The highest BCUT2D eigenvalue weighted by Crippen LogP contribution is 2.25. The molecule has 6 aromatic rings. The van der Waals surface area contributed by atoms with Crippen LogP contribution in [0.2, 0.25) is 0 Å². The summed E-state index contributed by atoms with van der Waals surface area (Å²) in [7, 11) is 0. The maximum atomic E-state index is 11.3. The van der Waals surface area contributed by atoms with Gasteiger partial charge < -0.3 is 0 Å². The quantitative estimate of drug-likeness (QED) is 0.279. The lowest BCUT2D eigenvalue weighted by molar-refractivity contribution is -0.386. The Bertz CT molecular complexity index is 1710. The van der Waals surface area contributed by atoms with E-state index in [4.69, 9.17) is 4.98 Å². The first-order chi connectivity index (χ1) is 17.0. The van der Waals surface area contributed by atoms with E-state index in [0.29, 0.717) is 35.1 Å². The molecule has 4 aromatic heterocycles. The molecule has 0 aliphatic heterocycles. The van der Waals surface area contributed by atoms with Crippen LogP contribution in [0.25, 0.3) is 33.8 Å². The number of benzene rings is 2. The van der Waals surface area contributed by atoms with E-state index in [1.165, 1.54) is 0 Å². The van der Waals surface area contributed by atoms with E-state index in [2.05, 4.69) is 20.3 Å². The molecule has 4 heterocycles. The molecule has 172 valence electrons.